The number of likely N-dealkylation sites (N-methyl/N-ethyl adjacent to an activating group) is 1. The van der Waals surface area contributed by atoms with Gasteiger partial charge in [-0.3, -0.25) is 4.79 Å². The minimum atomic E-state index is -4.88. The average Bonchev–Trinajstić information content (AvgIpc) is 3.05. The lowest BCUT2D eigenvalue weighted by molar-refractivity contribution is -0.174. The van der Waals surface area contributed by atoms with Crippen LogP contribution in [0.3, 0.4) is 0 Å². The van der Waals surface area contributed by atoms with Gasteiger partial charge < -0.3 is 20.4 Å². The van der Waals surface area contributed by atoms with Gasteiger partial charge in [0, 0.05) is 38.3 Å². The molecular formula is C12H19F3N4O2. The van der Waals surface area contributed by atoms with Gasteiger partial charge in [-0.05, 0) is 19.9 Å². The van der Waals surface area contributed by atoms with Crippen molar-refractivity contribution in [3.63, 3.8) is 0 Å². The number of carbonyl (C=O) groups is 2. The Morgan fingerprint density at radius 3 is 2.05 bits per heavy atom. The highest BCUT2D eigenvalue weighted by Gasteiger charge is 2.41. The Balaban J connectivity index is 1.82. The van der Waals surface area contributed by atoms with Gasteiger partial charge in [-0.15, -0.1) is 0 Å². The van der Waals surface area contributed by atoms with Gasteiger partial charge in [-0.25, -0.2) is 4.79 Å². The summed E-state index contributed by atoms with van der Waals surface area (Å²) in [6.07, 6.45) is -3.67. The third-order valence-corrected chi connectivity index (χ3v) is 3.92. The van der Waals surface area contributed by atoms with Gasteiger partial charge in [0.1, 0.15) is 0 Å². The van der Waals surface area contributed by atoms with Crippen LogP contribution >= 0.6 is 0 Å². The normalized spacial score (nSPS) is 26.3. The molecule has 2 saturated heterocycles. The molecule has 21 heavy (non-hydrogen) atoms. The molecule has 0 aromatic carbocycles. The van der Waals surface area contributed by atoms with Gasteiger partial charge in [-0.1, -0.05) is 0 Å². The zero-order valence-electron chi connectivity index (χ0n) is 11.7. The Labute approximate surface area is 120 Å². The van der Waals surface area contributed by atoms with Gasteiger partial charge >= 0.3 is 18.1 Å². The fourth-order valence-electron chi connectivity index (χ4n) is 2.69. The number of nitrogens with zero attached hydrogens (tertiary/aromatic N) is 2. The van der Waals surface area contributed by atoms with Crippen LogP contribution in [0.25, 0.3) is 0 Å². The maximum absolute atomic E-state index is 12.2. The summed E-state index contributed by atoms with van der Waals surface area (Å²) in [5, 5.41) is 5.02. The maximum atomic E-state index is 12.2. The second-order valence-electron chi connectivity index (χ2n) is 5.41. The largest absolute Gasteiger partial charge is 0.471 e. The number of alkyl halides is 3. The van der Waals surface area contributed by atoms with Crippen LogP contribution in [0.15, 0.2) is 0 Å². The van der Waals surface area contributed by atoms with Crippen LogP contribution in [0.4, 0.5) is 18.0 Å². The van der Waals surface area contributed by atoms with E-state index in [0.29, 0.717) is 26.1 Å². The van der Waals surface area contributed by atoms with Crippen LogP contribution < -0.4 is 10.6 Å². The van der Waals surface area contributed by atoms with E-state index in [-0.39, 0.29) is 18.6 Å². The molecule has 1 unspecified atom stereocenters. The van der Waals surface area contributed by atoms with Crippen LogP contribution in [0.2, 0.25) is 0 Å². The SMILES string of the molecule is CN[C@H]1CCN(C(=O)N2CCC(NC(=O)C(F)(F)F)C2)C1. The molecule has 0 radical (unpaired) electrons. The monoisotopic (exact) mass is 308 g/mol. The fourth-order valence-corrected chi connectivity index (χ4v) is 2.69. The first kappa shape index (κ1) is 15.9. The Bertz CT molecular complexity index is 416. The quantitative estimate of drug-likeness (QED) is 0.763. The summed E-state index contributed by atoms with van der Waals surface area (Å²) in [7, 11) is 1.83. The molecule has 2 N–H and O–H groups in total. The first-order chi connectivity index (χ1) is 9.81. The molecule has 2 rings (SSSR count). The van der Waals surface area contributed by atoms with Crippen molar-refractivity contribution in [2.24, 2.45) is 0 Å². The minimum absolute atomic E-state index is 0.126. The maximum Gasteiger partial charge on any atom is 0.471 e. The Kier molecular flexibility index (Phi) is 4.60. The molecule has 0 aliphatic carbocycles. The van der Waals surface area contributed by atoms with Crippen molar-refractivity contribution >= 4 is 11.9 Å². The lowest BCUT2D eigenvalue weighted by atomic mass is 10.2. The van der Waals surface area contributed by atoms with Crippen molar-refractivity contribution in [1.29, 1.82) is 0 Å². The summed E-state index contributed by atoms with van der Waals surface area (Å²) in [5.41, 5.74) is 0. The predicted molar refractivity (Wildman–Crippen MR) is 68.6 cm³/mol. The van der Waals surface area contributed by atoms with Crippen molar-refractivity contribution in [2.45, 2.75) is 31.1 Å². The van der Waals surface area contributed by atoms with Crippen molar-refractivity contribution in [2.75, 3.05) is 33.2 Å². The molecule has 0 spiro atoms. The van der Waals surface area contributed by atoms with Crippen LogP contribution in [-0.2, 0) is 4.79 Å². The lowest BCUT2D eigenvalue weighted by Gasteiger charge is -2.24. The third-order valence-electron chi connectivity index (χ3n) is 3.92. The van der Waals surface area contributed by atoms with Crippen LogP contribution in [0.5, 0.6) is 0 Å². The topological polar surface area (TPSA) is 64.7 Å². The van der Waals surface area contributed by atoms with E-state index in [4.69, 9.17) is 0 Å². The fraction of sp³-hybridized carbons (Fsp3) is 0.833. The van der Waals surface area contributed by atoms with Crippen LogP contribution in [0, 0.1) is 0 Å². The zero-order chi connectivity index (χ0) is 15.6. The number of nitrogens with one attached hydrogen (secondary N) is 2. The van der Waals surface area contributed by atoms with Gasteiger partial charge in [0.25, 0.3) is 0 Å². The average molecular weight is 308 g/mol. The molecule has 0 aromatic heterocycles. The molecule has 2 aliphatic rings. The van der Waals surface area contributed by atoms with Gasteiger partial charge in [0.05, 0.1) is 0 Å². The predicted octanol–water partition coefficient (Wildman–Crippen LogP) is 0.153. The summed E-state index contributed by atoms with van der Waals surface area (Å²) in [6.45, 7) is 1.73. The number of amides is 3. The van der Waals surface area contributed by atoms with Crippen molar-refractivity contribution in [3.05, 3.63) is 0 Å². The van der Waals surface area contributed by atoms with Crippen molar-refractivity contribution < 1.29 is 22.8 Å². The zero-order valence-corrected chi connectivity index (χ0v) is 11.7. The smallest absolute Gasteiger partial charge is 0.344 e. The third kappa shape index (κ3) is 3.78. The standard InChI is InChI=1S/C12H19F3N4O2/c1-16-8-2-4-18(6-8)11(21)19-5-3-9(7-19)17-10(20)12(13,14)15/h8-9,16H,2-7H2,1H3,(H,17,20)/t8-,9?/m0/s1. The highest BCUT2D eigenvalue weighted by atomic mass is 19.4. The first-order valence-electron chi connectivity index (χ1n) is 6.90. The number of rotatable bonds is 2. The van der Waals surface area contributed by atoms with E-state index in [1.54, 1.807) is 4.90 Å². The highest BCUT2D eigenvalue weighted by molar-refractivity contribution is 5.82. The molecule has 3 amide bonds. The second kappa shape index (κ2) is 6.08. The van der Waals surface area contributed by atoms with E-state index in [2.05, 4.69) is 5.32 Å². The van der Waals surface area contributed by atoms with E-state index in [9.17, 15) is 22.8 Å². The summed E-state index contributed by atoms with van der Waals surface area (Å²) in [5.74, 6) is -1.95. The van der Waals surface area contributed by atoms with Crippen LogP contribution in [0.1, 0.15) is 12.8 Å². The number of urea groups is 1. The van der Waals surface area contributed by atoms with E-state index in [1.807, 2.05) is 12.4 Å². The first-order valence-corrected chi connectivity index (χ1v) is 6.90. The molecule has 2 aliphatic heterocycles. The number of likely N-dealkylation sites (tertiary alicyclic amines) is 2. The summed E-state index contributed by atoms with van der Waals surface area (Å²) in [6, 6.07) is -0.542. The van der Waals surface area contributed by atoms with Gasteiger partial charge in [0.2, 0.25) is 0 Å². The molecule has 2 atom stereocenters. The highest BCUT2D eigenvalue weighted by Crippen LogP contribution is 2.19. The molecule has 6 nitrogen and oxygen atoms in total. The molecule has 120 valence electrons. The Hall–Kier alpha value is -1.51. The number of halogens is 3. The molecular weight excluding hydrogens is 289 g/mol. The van der Waals surface area contributed by atoms with E-state index < -0.39 is 18.1 Å². The van der Waals surface area contributed by atoms with E-state index in [1.165, 1.54) is 4.90 Å². The van der Waals surface area contributed by atoms with E-state index >= 15 is 0 Å². The Morgan fingerprint density at radius 2 is 1.57 bits per heavy atom. The molecule has 2 heterocycles. The second-order valence-corrected chi connectivity index (χ2v) is 5.41. The van der Waals surface area contributed by atoms with Gasteiger partial charge in [0.15, 0.2) is 0 Å². The summed E-state index contributed by atoms with van der Waals surface area (Å²) >= 11 is 0. The molecule has 0 bridgehead atoms. The summed E-state index contributed by atoms with van der Waals surface area (Å²) in [4.78, 5) is 26.3. The molecule has 9 heteroatoms. The minimum Gasteiger partial charge on any atom is -0.344 e. The summed E-state index contributed by atoms with van der Waals surface area (Å²) < 4.78 is 36.5. The van der Waals surface area contributed by atoms with Crippen molar-refractivity contribution in [1.82, 2.24) is 20.4 Å². The van der Waals surface area contributed by atoms with Gasteiger partial charge in [-0.2, -0.15) is 13.2 Å². The molecule has 0 aromatic rings. The molecule has 0 saturated carbocycles. The lowest BCUT2D eigenvalue weighted by Crippen LogP contribution is -2.46. The number of hydrogen-bond acceptors (Lipinski definition) is 3. The van der Waals surface area contributed by atoms with Crippen LogP contribution in [-0.4, -0.2) is 73.2 Å². The molecule has 2 fully saturated rings. The number of carbonyl (C=O) groups excluding carboxylic acids is 2. The Morgan fingerprint density at radius 1 is 1.05 bits per heavy atom. The van der Waals surface area contributed by atoms with E-state index in [0.717, 1.165) is 6.42 Å². The number of hydrogen-bond donors (Lipinski definition) is 2. The van der Waals surface area contributed by atoms with Crippen molar-refractivity contribution in [3.8, 4) is 0 Å².